The predicted molar refractivity (Wildman–Crippen MR) is 111 cm³/mol. The van der Waals surface area contributed by atoms with Crippen LogP contribution in [0.2, 0.25) is 0 Å². The quantitative estimate of drug-likeness (QED) is 0.536. The van der Waals surface area contributed by atoms with E-state index in [1.54, 1.807) is 0 Å². The highest BCUT2D eigenvalue weighted by molar-refractivity contribution is 5.91. The molecular formula is C22H18F4N4O4. The first-order chi connectivity index (χ1) is 16.1. The minimum atomic E-state index is -4.59. The SMILES string of the molecule is O=C(c1nn(-c2ccc(C(F)(F)F)cc2)c(=O)n(Cc2ccc(F)cc2)c1=O)N1CCOCC1. The van der Waals surface area contributed by atoms with Crippen molar-refractivity contribution in [2.45, 2.75) is 12.7 Å². The van der Waals surface area contributed by atoms with Crippen LogP contribution in [0.25, 0.3) is 5.69 Å². The molecule has 12 heteroatoms. The molecule has 0 N–H and O–H groups in total. The maximum atomic E-state index is 13.3. The van der Waals surface area contributed by atoms with Crippen LogP contribution in [0.15, 0.2) is 58.1 Å². The molecule has 2 aromatic carbocycles. The first-order valence-corrected chi connectivity index (χ1v) is 10.2. The molecule has 0 aliphatic carbocycles. The third kappa shape index (κ3) is 4.76. The van der Waals surface area contributed by atoms with Crippen LogP contribution in [-0.4, -0.2) is 51.5 Å². The zero-order valence-electron chi connectivity index (χ0n) is 17.6. The first-order valence-electron chi connectivity index (χ1n) is 10.2. The molecule has 1 aliphatic rings. The van der Waals surface area contributed by atoms with E-state index in [4.69, 9.17) is 4.74 Å². The van der Waals surface area contributed by atoms with Crippen molar-refractivity contribution in [2.24, 2.45) is 0 Å². The largest absolute Gasteiger partial charge is 0.416 e. The van der Waals surface area contributed by atoms with Crippen molar-refractivity contribution in [3.63, 3.8) is 0 Å². The predicted octanol–water partition coefficient (Wildman–Crippen LogP) is 2.07. The second kappa shape index (κ2) is 9.21. The van der Waals surface area contributed by atoms with Crippen LogP contribution in [-0.2, 0) is 17.5 Å². The van der Waals surface area contributed by atoms with Gasteiger partial charge >= 0.3 is 11.9 Å². The molecule has 1 amide bonds. The zero-order chi connectivity index (χ0) is 24.5. The fourth-order valence-electron chi connectivity index (χ4n) is 3.44. The van der Waals surface area contributed by atoms with Crippen LogP contribution < -0.4 is 11.2 Å². The molecule has 34 heavy (non-hydrogen) atoms. The summed E-state index contributed by atoms with van der Waals surface area (Å²) in [6, 6.07) is 8.61. The summed E-state index contributed by atoms with van der Waals surface area (Å²) in [5.74, 6) is -1.25. The summed E-state index contributed by atoms with van der Waals surface area (Å²) < 4.78 is 58.8. The number of nitrogens with zero attached hydrogens (tertiary/aromatic N) is 4. The number of halogens is 4. The van der Waals surface area contributed by atoms with Crippen molar-refractivity contribution in [2.75, 3.05) is 26.3 Å². The summed E-state index contributed by atoms with van der Waals surface area (Å²) in [5, 5.41) is 3.92. The minimum Gasteiger partial charge on any atom is -0.378 e. The van der Waals surface area contributed by atoms with E-state index in [9.17, 15) is 31.9 Å². The van der Waals surface area contributed by atoms with Crippen molar-refractivity contribution < 1.29 is 27.1 Å². The van der Waals surface area contributed by atoms with E-state index in [0.717, 1.165) is 41.0 Å². The Morgan fingerprint density at radius 2 is 1.59 bits per heavy atom. The number of alkyl halides is 3. The van der Waals surface area contributed by atoms with Gasteiger partial charge in [0.05, 0.1) is 31.0 Å². The molecule has 0 unspecified atom stereocenters. The highest BCUT2D eigenvalue weighted by Crippen LogP contribution is 2.29. The Kier molecular flexibility index (Phi) is 6.33. The number of hydrogen-bond acceptors (Lipinski definition) is 5. The Morgan fingerprint density at radius 1 is 0.971 bits per heavy atom. The maximum absolute atomic E-state index is 13.3. The zero-order valence-corrected chi connectivity index (χ0v) is 17.6. The Labute approximate surface area is 189 Å². The molecule has 1 aromatic heterocycles. The van der Waals surface area contributed by atoms with Gasteiger partial charge < -0.3 is 9.64 Å². The Balaban J connectivity index is 1.84. The summed E-state index contributed by atoms with van der Waals surface area (Å²) >= 11 is 0. The molecule has 1 fully saturated rings. The molecule has 4 rings (SSSR count). The van der Waals surface area contributed by atoms with Gasteiger partial charge in [-0.25, -0.2) is 9.18 Å². The number of carbonyl (C=O) groups excluding carboxylic acids is 1. The van der Waals surface area contributed by atoms with E-state index >= 15 is 0 Å². The molecule has 1 aliphatic heterocycles. The van der Waals surface area contributed by atoms with Crippen molar-refractivity contribution >= 4 is 5.91 Å². The van der Waals surface area contributed by atoms with Crippen LogP contribution in [0, 0.1) is 5.82 Å². The van der Waals surface area contributed by atoms with Gasteiger partial charge in [0, 0.05) is 13.1 Å². The second-order valence-electron chi connectivity index (χ2n) is 7.51. The molecule has 178 valence electrons. The average molecular weight is 478 g/mol. The normalized spacial score (nSPS) is 14.3. The number of amides is 1. The van der Waals surface area contributed by atoms with Gasteiger partial charge in [0.2, 0.25) is 5.69 Å². The molecule has 2 heterocycles. The topological polar surface area (TPSA) is 86.4 Å². The number of carbonyl (C=O) groups is 1. The van der Waals surface area contributed by atoms with Crippen LogP contribution >= 0.6 is 0 Å². The lowest BCUT2D eigenvalue weighted by Crippen LogP contribution is -2.48. The summed E-state index contributed by atoms with van der Waals surface area (Å²) in [4.78, 5) is 40.6. The average Bonchev–Trinajstić information content (AvgIpc) is 2.83. The monoisotopic (exact) mass is 478 g/mol. The molecule has 0 atom stereocenters. The van der Waals surface area contributed by atoms with E-state index in [0.29, 0.717) is 10.2 Å². The van der Waals surface area contributed by atoms with E-state index in [2.05, 4.69) is 5.10 Å². The molecule has 0 bridgehead atoms. The fourth-order valence-corrected chi connectivity index (χ4v) is 3.44. The third-order valence-corrected chi connectivity index (χ3v) is 5.25. The van der Waals surface area contributed by atoms with Gasteiger partial charge in [0.15, 0.2) is 0 Å². The van der Waals surface area contributed by atoms with Crippen LogP contribution in [0.5, 0.6) is 0 Å². The Hall–Kier alpha value is -3.80. The smallest absolute Gasteiger partial charge is 0.378 e. The van der Waals surface area contributed by atoms with Gasteiger partial charge in [-0.05, 0) is 42.0 Å². The number of aromatic nitrogens is 3. The summed E-state index contributed by atoms with van der Waals surface area (Å²) in [5.41, 5.74) is -3.10. The summed E-state index contributed by atoms with van der Waals surface area (Å²) in [6.45, 7) is 0.626. The highest BCUT2D eigenvalue weighted by atomic mass is 19.4. The number of morpholine rings is 1. The molecule has 0 saturated carbocycles. The van der Waals surface area contributed by atoms with Crippen molar-refractivity contribution in [1.82, 2.24) is 19.2 Å². The molecular weight excluding hydrogens is 460 g/mol. The van der Waals surface area contributed by atoms with Gasteiger partial charge in [-0.1, -0.05) is 12.1 Å². The second-order valence-corrected chi connectivity index (χ2v) is 7.51. The summed E-state index contributed by atoms with van der Waals surface area (Å²) in [7, 11) is 0. The van der Waals surface area contributed by atoms with E-state index < -0.39 is 40.4 Å². The van der Waals surface area contributed by atoms with Gasteiger partial charge in [-0.15, -0.1) is 0 Å². The van der Waals surface area contributed by atoms with E-state index in [-0.39, 0.29) is 38.5 Å². The van der Waals surface area contributed by atoms with Crippen molar-refractivity contribution in [3.8, 4) is 5.69 Å². The lowest BCUT2D eigenvalue weighted by atomic mass is 10.2. The van der Waals surface area contributed by atoms with Crippen molar-refractivity contribution in [1.29, 1.82) is 0 Å². The molecule has 3 aromatic rings. The number of hydrogen-bond donors (Lipinski definition) is 0. The number of rotatable bonds is 4. The fraction of sp³-hybridized carbons (Fsp3) is 0.273. The van der Waals surface area contributed by atoms with Gasteiger partial charge in [0.1, 0.15) is 5.82 Å². The highest BCUT2D eigenvalue weighted by Gasteiger charge is 2.30. The minimum absolute atomic E-state index is 0.0677. The lowest BCUT2D eigenvalue weighted by Gasteiger charge is -2.26. The van der Waals surface area contributed by atoms with E-state index in [1.165, 1.54) is 17.0 Å². The molecule has 0 spiro atoms. The van der Waals surface area contributed by atoms with Gasteiger partial charge in [0.25, 0.3) is 11.5 Å². The number of benzene rings is 2. The van der Waals surface area contributed by atoms with Gasteiger partial charge in [-0.2, -0.15) is 23.0 Å². The maximum Gasteiger partial charge on any atom is 0.416 e. The molecule has 1 saturated heterocycles. The Bertz CT molecular complexity index is 1310. The standard InChI is InChI=1S/C22H18F4N4O4/c23-16-5-1-14(2-6-16)13-29-20(32)18(19(31)28-9-11-34-12-10-28)27-30(21(29)33)17-7-3-15(4-8-17)22(24,25)26/h1-8H,9-13H2. The van der Waals surface area contributed by atoms with Crippen LogP contribution in [0.1, 0.15) is 21.6 Å². The molecule has 8 nitrogen and oxygen atoms in total. The summed E-state index contributed by atoms with van der Waals surface area (Å²) in [6.07, 6.45) is -4.59. The van der Waals surface area contributed by atoms with Crippen molar-refractivity contribution in [3.05, 3.63) is 92.0 Å². The van der Waals surface area contributed by atoms with Gasteiger partial charge in [-0.3, -0.25) is 14.2 Å². The lowest BCUT2D eigenvalue weighted by molar-refractivity contribution is -0.137. The van der Waals surface area contributed by atoms with Crippen LogP contribution in [0.4, 0.5) is 17.6 Å². The molecule has 0 radical (unpaired) electrons. The number of ether oxygens (including phenoxy) is 1. The van der Waals surface area contributed by atoms with E-state index in [1.807, 2.05) is 0 Å². The third-order valence-electron chi connectivity index (χ3n) is 5.25. The van der Waals surface area contributed by atoms with Crippen LogP contribution in [0.3, 0.4) is 0 Å². The first kappa shape index (κ1) is 23.4. The Morgan fingerprint density at radius 3 is 2.18 bits per heavy atom.